The molecule has 2 rings (SSSR count). The topological polar surface area (TPSA) is 35.5 Å². The molecule has 0 saturated carbocycles. The van der Waals surface area contributed by atoms with Gasteiger partial charge in [-0.15, -0.1) is 0 Å². The Kier molecular flexibility index (Phi) is 2.84. The van der Waals surface area contributed by atoms with Crippen LogP contribution in [0.1, 0.15) is 38.1 Å². The van der Waals surface area contributed by atoms with E-state index in [4.69, 9.17) is 9.47 Å². The van der Waals surface area contributed by atoms with Crippen molar-refractivity contribution in [1.82, 2.24) is 0 Å². The number of hydrogen-bond acceptors (Lipinski definition) is 3. The summed E-state index contributed by atoms with van der Waals surface area (Å²) in [6, 6.07) is 9.19. The summed E-state index contributed by atoms with van der Waals surface area (Å²) in [5, 5.41) is 0. The third-order valence-corrected chi connectivity index (χ3v) is 3.18. The van der Waals surface area contributed by atoms with Gasteiger partial charge in [0, 0.05) is 5.56 Å². The number of carbonyl (C=O) groups is 1. The molecule has 3 nitrogen and oxygen atoms in total. The van der Waals surface area contributed by atoms with Crippen LogP contribution in [0.25, 0.3) is 0 Å². The maximum Gasteiger partial charge on any atom is 0.197 e. The van der Waals surface area contributed by atoms with Gasteiger partial charge in [0.2, 0.25) is 0 Å². The minimum absolute atomic E-state index is 0.0313. The SMILES string of the molecule is C[C@@H]1OC(C)(C)O[C@@]1(C)C(=O)c1ccccc1. The van der Waals surface area contributed by atoms with Gasteiger partial charge >= 0.3 is 0 Å². The molecule has 92 valence electrons. The molecular weight excluding hydrogens is 216 g/mol. The molecule has 2 atom stereocenters. The van der Waals surface area contributed by atoms with Crippen molar-refractivity contribution < 1.29 is 14.3 Å². The minimum atomic E-state index is -0.912. The van der Waals surface area contributed by atoms with Gasteiger partial charge in [0.25, 0.3) is 0 Å². The lowest BCUT2D eigenvalue weighted by Crippen LogP contribution is -2.43. The maximum absolute atomic E-state index is 12.5. The standard InChI is InChI=1S/C14H18O3/c1-10-14(4,17-13(2,3)16-10)12(15)11-8-6-5-7-9-11/h5-10H,1-4H3/t10-,14+/m0/s1. The smallest absolute Gasteiger partial charge is 0.197 e. The number of hydrogen-bond donors (Lipinski definition) is 0. The quantitative estimate of drug-likeness (QED) is 0.738. The molecule has 1 saturated heterocycles. The first-order valence-electron chi connectivity index (χ1n) is 5.83. The highest BCUT2D eigenvalue weighted by atomic mass is 16.8. The summed E-state index contributed by atoms with van der Waals surface area (Å²) in [6.07, 6.45) is -0.259. The Morgan fingerprint density at radius 1 is 1.18 bits per heavy atom. The van der Waals surface area contributed by atoms with Crippen molar-refractivity contribution in [2.24, 2.45) is 0 Å². The Hall–Kier alpha value is -1.19. The molecule has 1 aliphatic rings. The Morgan fingerprint density at radius 2 is 1.76 bits per heavy atom. The number of carbonyl (C=O) groups excluding carboxylic acids is 1. The second-order valence-corrected chi connectivity index (χ2v) is 5.06. The van der Waals surface area contributed by atoms with Gasteiger partial charge in [-0.3, -0.25) is 4.79 Å². The predicted molar refractivity (Wildman–Crippen MR) is 64.9 cm³/mol. The van der Waals surface area contributed by atoms with Crippen LogP contribution in [0, 0.1) is 0 Å². The van der Waals surface area contributed by atoms with Crippen LogP contribution in [0.2, 0.25) is 0 Å². The minimum Gasteiger partial charge on any atom is -0.344 e. The van der Waals surface area contributed by atoms with Gasteiger partial charge in [0.15, 0.2) is 17.2 Å². The summed E-state index contributed by atoms with van der Waals surface area (Å²) in [5.41, 5.74) is -0.256. The van der Waals surface area contributed by atoms with Gasteiger partial charge in [-0.2, -0.15) is 0 Å². The highest BCUT2D eigenvalue weighted by molar-refractivity contribution is 6.02. The number of benzene rings is 1. The number of ketones is 1. The largest absolute Gasteiger partial charge is 0.344 e. The molecule has 1 heterocycles. The summed E-state index contributed by atoms with van der Waals surface area (Å²) in [6.45, 7) is 7.32. The molecule has 1 fully saturated rings. The van der Waals surface area contributed by atoms with Gasteiger partial charge in [-0.25, -0.2) is 0 Å². The first kappa shape index (κ1) is 12.3. The first-order valence-corrected chi connectivity index (χ1v) is 5.83. The molecule has 0 radical (unpaired) electrons. The normalized spacial score (nSPS) is 31.4. The van der Waals surface area contributed by atoms with Crippen LogP contribution in [-0.2, 0) is 9.47 Å². The molecule has 0 amide bonds. The molecule has 17 heavy (non-hydrogen) atoms. The molecule has 3 heteroatoms. The second-order valence-electron chi connectivity index (χ2n) is 5.06. The molecule has 0 spiro atoms. The number of Topliss-reactive ketones (excluding diaryl/α,β-unsaturated/α-hetero) is 1. The lowest BCUT2D eigenvalue weighted by molar-refractivity contribution is -0.152. The van der Waals surface area contributed by atoms with Gasteiger partial charge in [-0.1, -0.05) is 30.3 Å². The number of ether oxygens (including phenoxy) is 2. The van der Waals surface area contributed by atoms with Crippen molar-refractivity contribution in [2.75, 3.05) is 0 Å². The summed E-state index contributed by atoms with van der Waals surface area (Å²) in [4.78, 5) is 12.5. The molecule has 1 aromatic rings. The van der Waals surface area contributed by atoms with E-state index in [0.717, 1.165) is 0 Å². The van der Waals surface area contributed by atoms with Gasteiger partial charge in [-0.05, 0) is 27.7 Å². The average Bonchev–Trinajstić information content (AvgIpc) is 2.48. The van der Waals surface area contributed by atoms with Crippen molar-refractivity contribution in [3.8, 4) is 0 Å². The Labute approximate surface area is 102 Å². The Bertz CT molecular complexity index is 424. The monoisotopic (exact) mass is 234 g/mol. The van der Waals surface area contributed by atoms with E-state index >= 15 is 0 Å². The van der Waals surface area contributed by atoms with E-state index in [1.807, 2.05) is 39.0 Å². The molecule has 1 aliphatic heterocycles. The van der Waals surface area contributed by atoms with E-state index in [0.29, 0.717) is 5.56 Å². The van der Waals surface area contributed by atoms with Gasteiger partial charge in [0.1, 0.15) is 0 Å². The van der Waals surface area contributed by atoms with Crippen LogP contribution in [0.3, 0.4) is 0 Å². The van der Waals surface area contributed by atoms with E-state index in [9.17, 15) is 4.79 Å². The van der Waals surface area contributed by atoms with Crippen molar-refractivity contribution in [3.05, 3.63) is 35.9 Å². The fourth-order valence-corrected chi connectivity index (χ4v) is 2.26. The van der Waals surface area contributed by atoms with Crippen LogP contribution in [-0.4, -0.2) is 23.3 Å². The molecule has 1 aromatic carbocycles. The van der Waals surface area contributed by atoms with E-state index in [2.05, 4.69) is 0 Å². The van der Waals surface area contributed by atoms with E-state index in [1.54, 1.807) is 19.1 Å². The summed E-state index contributed by atoms with van der Waals surface area (Å²) < 4.78 is 11.5. The van der Waals surface area contributed by atoms with Crippen LogP contribution < -0.4 is 0 Å². The summed E-state index contributed by atoms with van der Waals surface area (Å²) in [5.74, 6) is -0.741. The van der Waals surface area contributed by atoms with Crippen LogP contribution >= 0.6 is 0 Å². The third-order valence-electron chi connectivity index (χ3n) is 3.18. The highest BCUT2D eigenvalue weighted by Gasteiger charge is 2.52. The lowest BCUT2D eigenvalue weighted by Gasteiger charge is -2.25. The fourth-order valence-electron chi connectivity index (χ4n) is 2.26. The van der Waals surface area contributed by atoms with E-state index in [-0.39, 0.29) is 11.9 Å². The fraction of sp³-hybridized carbons (Fsp3) is 0.500. The average molecular weight is 234 g/mol. The highest BCUT2D eigenvalue weighted by Crippen LogP contribution is 2.38. The summed E-state index contributed by atoms with van der Waals surface area (Å²) >= 11 is 0. The van der Waals surface area contributed by atoms with E-state index in [1.165, 1.54) is 0 Å². The zero-order chi connectivity index (χ0) is 12.7. The Balaban J connectivity index is 2.31. The third kappa shape index (κ3) is 2.13. The van der Waals surface area contributed by atoms with Crippen LogP contribution in [0.5, 0.6) is 0 Å². The molecule has 0 aromatic heterocycles. The van der Waals surface area contributed by atoms with Gasteiger partial charge < -0.3 is 9.47 Å². The van der Waals surface area contributed by atoms with Crippen molar-refractivity contribution in [1.29, 1.82) is 0 Å². The number of rotatable bonds is 2. The molecule has 0 unspecified atom stereocenters. The van der Waals surface area contributed by atoms with Crippen LogP contribution in [0.4, 0.5) is 0 Å². The van der Waals surface area contributed by atoms with Crippen molar-refractivity contribution in [2.45, 2.75) is 45.2 Å². The lowest BCUT2D eigenvalue weighted by atomic mass is 9.90. The van der Waals surface area contributed by atoms with Gasteiger partial charge in [0.05, 0.1) is 6.10 Å². The summed E-state index contributed by atoms with van der Waals surface area (Å²) in [7, 11) is 0. The molecule has 0 bridgehead atoms. The van der Waals surface area contributed by atoms with Crippen molar-refractivity contribution >= 4 is 5.78 Å². The first-order chi connectivity index (χ1) is 7.85. The predicted octanol–water partition coefficient (Wildman–Crippen LogP) is 2.80. The zero-order valence-corrected chi connectivity index (χ0v) is 10.7. The molecule has 0 aliphatic carbocycles. The molecular formula is C14H18O3. The van der Waals surface area contributed by atoms with E-state index < -0.39 is 11.4 Å². The zero-order valence-electron chi connectivity index (χ0n) is 10.7. The maximum atomic E-state index is 12.5. The Morgan fingerprint density at radius 3 is 2.24 bits per heavy atom. The van der Waals surface area contributed by atoms with Crippen LogP contribution in [0.15, 0.2) is 30.3 Å². The van der Waals surface area contributed by atoms with Crippen molar-refractivity contribution in [3.63, 3.8) is 0 Å². The second kappa shape index (κ2) is 3.93. The molecule has 0 N–H and O–H groups in total.